The molecule has 0 aliphatic heterocycles. The molecule has 158 valence electrons. The molecule has 0 saturated heterocycles. The van der Waals surface area contributed by atoms with Crippen molar-refractivity contribution in [1.82, 2.24) is 0 Å². The van der Waals surface area contributed by atoms with Gasteiger partial charge in [-0.25, -0.2) is 4.79 Å². The summed E-state index contributed by atoms with van der Waals surface area (Å²) in [6.45, 7) is 16.0. The molecule has 0 atom stereocenters. The first kappa shape index (κ1) is 22.6. The van der Waals surface area contributed by atoms with Gasteiger partial charge >= 0.3 is 6.16 Å². The maximum absolute atomic E-state index is 11.7. The Labute approximate surface area is 168 Å². The monoisotopic (exact) mass is 380 g/mol. The van der Waals surface area contributed by atoms with Crippen LogP contribution in [0.3, 0.4) is 0 Å². The molecule has 0 unspecified atom stereocenters. The number of ether oxygens (including phenoxy) is 2. The summed E-state index contributed by atoms with van der Waals surface area (Å²) >= 11 is 0. The van der Waals surface area contributed by atoms with Crippen LogP contribution in [-0.2, 0) is 9.47 Å². The summed E-state index contributed by atoms with van der Waals surface area (Å²) in [6.07, 6.45) is 10.6. The number of hydrogen-bond acceptors (Lipinski definition) is 3. The van der Waals surface area contributed by atoms with Crippen molar-refractivity contribution < 1.29 is 14.3 Å². The fourth-order valence-electron chi connectivity index (χ4n) is 5.52. The van der Waals surface area contributed by atoms with E-state index in [4.69, 9.17) is 9.47 Å². The van der Waals surface area contributed by atoms with Crippen molar-refractivity contribution in [2.24, 2.45) is 28.6 Å². The van der Waals surface area contributed by atoms with Gasteiger partial charge in [-0.05, 0) is 93.8 Å². The molecule has 0 aromatic heterocycles. The Kier molecular flexibility index (Phi) is 7.67. The molecular formula is C24H44O3. The average Bonchev–Trinajstić information content (AvgIpc) is 2.61. The molecule has 2 fully saturated rings. The summed E-state index contributed by atoms with van der Waals surface area (Å²) in [5, 5.41) is 0. The van der Waals surface area contributed by atoms with E-state index < -0.39 is 6.16 Å². The second kappa shape index (κ2) is 9.18. The van der Waals surface area contributed by atoms with Crippen molar-refractivity contribution in [3.8, 4) is 0 Å². The van der Waals surface area contributed by atoms with Gasteiger partial charge in [0.15, 0.2) is 0 Å². The van der Waals surface area contributed by atoms with Gasteiger partial charge in [0, 0.05) is 0 Å². The molecule has 2 rings (SSSR count). The van der Waals surface area contributed by atoms with E-state index in [1.165, 1.54) is 44.9 Å². The Morgan fingerprint density at radius 1 is 0.852 bits per heavy atom. The first-order valence-corrected chi connectivity index (χ1v) is 11.4. The largest absolute Gasteiger partial charge is 0.508 e. The molecule has 0 amide bonds. The van der Waals surface area contributed by atoms with Gasteiger partial charge in [-0.15, -0.1) is 0 Å². The molecule has 3 heteroatoms. The normalized spacial score (nSPS) is 30.2. The van der Waals surface area contributed by atoms with Crippen LogP contribution in [0.5, 0.6) is 0 Å². The van der Waals surface area contributed by atoms with E-state index in [1.54, 1.807) is 0 Å². The summed E-state index contributed by atoms with van der Waals surface area (Å²) in [6, 6.07) is 0. The predicted octanol–water partition coefficient (Wildman–Crippen LogP) is 7.38. The van der Waals surface area contributed by atoms with E-state index in [0.717, 1.165) is 30.6 Å². The fraction of sp³-hybridized carbons (Fsp3) is 0.958. The highest BCUT2D eigenvalue weighted by Gasteiger charge is 2.42. The van der Waals surface area contributed by atoms with E-state index in [0.29, 0.717) is 10.8 Å². The molecule has 0 bridgehead atoms. The summed E-state index contributed by atoms with van der Waals surface area (Å²) in [5.74, 6) is 2.49. The minimum atomic E-state index is -0.496. The first-order chi connectivity index (χ1) is 12.6. The molecule has 27 heavy (non-hydrogen) atoms. The summed E-state index contributed by atoms with van der Waals surface area (Å²) in [4.78, 5) is 11.7. The van der Waals surface area contributed by atoms with Gasteiger partial charge < -0.3 is 9.47 Å². The van der Waals surface area contributed by atoms with Gasteiger partial charge in [-0.2, -0.15) is 0 Å². The molecule has 0 aromatic carbocycles. The maximum atomic E-state index is 11.7. The highest BCUT2D eigenvalue weighted by molar-refractivity contribution is 5.60. The lowest BCUT2D eigenvalue weighted by atomic mass is 9.57. The average molecular weight is 381 g/mol. The van der Waals surface area contributed by atoms with Crippen molar-refractivity contribution in [3.05, 3.63) is 0 Å². The van der Waals surface area contributed by atoms with E-state index in [2.05, 4.69) is 34.6 Å². The summed E-state index contributed by atoms with van der Waals surface area (Å²) in [5.41, 5.74) is 0.889. The molecule has 2 saturated carbocycles. The van der Waals surface area contributed by atoms with Crippen LogP contribution in [0.2, 0.25) is 0 Å². The van der Waals surface area contributed by atoms with Gasteiger partial charge in [0.2, 0.25) is 0 Å². The number of carbonyl (C=O) groups is 1. The van der Waals surface area contributed by atoms with Crippen LogP contribution in [-0.4, -0.2) is 18.4 Å². The van der Waals surface area contributed by atoms with Crippen molar-refractivity contribution in [3.63, 3.8) is 0 Å². The highest BCUT2D eigenvalue weighted by atomic mass is 16.7. The molecular weight excluding hydrogens is 336 g/mol. The first-order valence-electron chi connectivity index (χ1n) is 11.4. The smallest absolute Gasteiger partial charge is 0.432 e. The van der Waals surface area contributed by atoms with Crippen molar-refractivity contribution >= 4 is 6.16 Å². The molecule has 0 heterocycles. The quantitative estimate of drug-likeness (QED) is 0.451. The molecule has 2 aliphatic rings. The van der Waals surface area contributed by atoms with E-state index in [1.807, 2.05) is 13.8 Å². The zero-order chi connectivity index (χ0) is 20.2. The molecule has 0 N–H and O–H groups in total. The lowest BCUT2D eigenvalue weighted by Gasteiger charge is -2.48. The Morgan fingerprint density at radius 3 is 1.74 bits per heavy atom. The molecule has 2 aliphatic carbocycles. The van der Waals surface area contributed by atoms with Gasteiger partial charge in [0.1, 0.15) is 6.10 Å². The van der Waals surface area contributed by atoms with E-state index in [-0.39, 0.29) is 12.2 Å². The zero-order valence-electron chi connectivity index (χ0n) is 19.0. The van der Waals surface area contributed by atoms with Gasteiger partial charge in [-0.3, -0.25) is 0 Å². The lowest BCUT2D eigenvalue weighted by molar-refractivity contribution is -0.0280. The van der Waals surface area contributed by atoms with Gasteiger partial charge in [0.25, 0.3) is 0 Å². The maximum Gasteiger partial charge on any atom is 0.508 e. The summed E-state index contributed by atoms with van der Waals surface area (Å²) < 4.78 is 10.6. The van der Waals surface area contributed by atoms with Gasteiger partial charge in [-0.1, -0.05) is 41.0 Å². The second-order valence-electron chi connectivity index (χ2n) is 10.7. The van der Waals surface area contributed by atoms with Crippen molar-refractivity contribution in [2.75, 3.05) is 0 Å². The minimum absolute atomic E-state index is 0.0457. The Hall–Kier alpha value is -0.730. The number of rotatable bonds is 6. The Bertz CT molecular complexity index is 464. The number of carbonyl (C=O) groups excluding carboxylic acids is 1. The van der Waals surface area contributed by atoms with Crippen LogP contribution < -0.4 is 0 Å². The summed E-state index contributed by atoms with van der Waals surface area (Å²) in [7, 11) is 0. The lowest BCUT2D eigenvalue weighted by Crippen LogP contribution is -2.39. The standard InChI is InChI=1S/C24H44O3/c1-8-23(4,5)18-9-11-19(12-10-18)24(6,7)20-13-15-21(16-14-20)27-22(25)26-17(2)3/h17-21H,8-16H2,1-7H3. The third-order valence-electron chi connectivity index (χ3n) is 8.12. The zero-order valence-corrected chi connectivity index (χ0v) is 19.0. The van der Waals surface area contributed by atoms with Crippen LogP contribution in [0.4, 0.5) is 4.79 Å². The van der Waals surface area contributed by atoms with Crippen molar-refractivity contribution in [1.29, 1.82) is 0 Å². The predicted molar refractivity (Wildman–Crippen MR) is 112 cm³/mol. The third kappa shape index (κ3) is 5.87. The highest BCUT2D eigenvalue weighted by Crippen LogP contribution is 2.51. The van der Waals surface area contributed by atoms with Crippen molar-refractivity contribution in [2.45, 2.75) is 118 Å². The molecule has 3 nitrogen and oxygen atoms in total. The number of hydrogen-bond donors (Lipinski definition) is 0. The molecule has 0 radical (unpaired) electrons. The van der Waals surface area contributed by atoms with E-state index >= 15 is 0 Å². The Morgan fingerprint density at radius 2 is 1.30 bits per heavy atom. The second-order valence-corrected chi connectivity index (χ2v) is 10.7. The van der Waals surface area contributed by atoms with Crippen LogP contribution in [0.15, 0.2) is 0 Å². The van der Waals surface area contributed by atoms with Crippen LogP contribution in [0, 0.1) is 28.6 Å². The molecule has 0 aromatic rings. The Balaban J connectivity index is 1.82. The van der Waals surface area contributed by atoms with Crippen LogP contribution in [0.25, 0.3) is 0 Å². The topological polar surface area (TPSA) is 35.5 Å². The fourth-order valence-corrected chi connectivity index (χ4v) is 5.52. The third-order valence-corrected chi connectivity index (χ3v) is 8.12. The van der Waals surface area contributed by atoms with Gasteiger partial charge in [0.05, 0.1) is 6.10 Å². The van der Waals surface area contributed by atoms with Crippen LogP contribution in [0.1, 0.15) is 106 Å². The SMILES string of the molecule is CCC(C)(C)C1CCC(C(C)(C)C2CCC(OC(=O)OC(C)C)CC2)CC1. The molecule has 0 spiro atoms. The van der Waals surface area contributed by atoms with Crippen LogP contribution >= 0.6 is 0 Å². The minimum Gasteiger partial charge on any atom is -0.432 e. The van der Waals surface area contributed by atoms with E-state index in [9.17, 15) is 4.79 Å².